The summed E-state index contributed by atoms with van der Waals surface area (Å²) in [6.07, 6.45) is 1.50. The Labute approximate surface area is 206 Å². The molecular formula is C22H24ClIN4O2S. The molecule has 0 atom stereocenters. The highest BCUT2D eigenvalue weighted by Gasteiger charge is 2.20. The van der Waals surface area contributed by atoms with Gasteiger partial charge in [0.25, 0.3) is 5.91 Å². The first kappa shape index (κ1) is 23.7. The van der Waals surface area contributed by atoms with Crippen molar-refractivity contribution < 1.29 is 9.59 Å². The van der Waals surface area contributed by atoms with Gasteiger partial charge in [-0.15, -0.1) is 0 Å². The van der Waals surface area contributed by atoms with Crippen LogP contribution in [-0.2, 0) is 4.79 Å². The zero-order valence-corrected chi connectivity index (χ0v) is 20.9. The summed E-state index contributed by atoms with van der Waals surface area (Å²) >= 11 is 13.5. The maximum Gasteiger partial charge on any atom is 0.258 e. The molecule has 3 rings (SSSR count). The minimum absolute atomic E-state index is 0.204. The predicted molar refractivity (Wildman–Crippen MR) is 138 cm³/mol. The van der Waals surface area contributed by atoms with Crippen molar-refractivity contribution >= 4 is 74.7 Å². The molecule has 0 spiro atoms. The first-order chi connectivity index (χ1) is 14.9. The number of amides is 2. The second-order valence-electron chi connectivity index (χ2n) is 7.20. The molecule has 1 aliphatic rings. The van der Waals surface area contributed by atoms with Crippen molar-refractivity contribution in [2.75, 3.05) is 36.4 Å². The fraction of sp³-hybridized carbons (Fsp3) is 0.318. The summed E-state index contributed by atoms with van der Waals surface area (Å²) in [4.78, 5) is 28.7. The van der Waals surface area contributed by atoms with Gasteiger partial charge in [-0.05, 0) is 83.7 Å². The highest BCUT2D eigenvalue weighted by Crippen LogP contribution is 2.21. The van der Waals surface area contributed by atoms with Crippen molar-refractivity contribution in [3.63, 3.8) is 0 Å². The lowest BCUT2D eigenvalue weighted by Gasteiger charge is -2.36. The third-order valence-corrected chi connectivity index (χ3v) is 6.19. The minimum atomic E-state index is -0.354. The van der Waals surface area contributed by atoms with Crippen molar-refractivity contribution in [1.29, 1.82) is 0 Å². The van der Waals surface area contributed by atoms with Crippen molar-refractivity contribution in [3.8, 4) is 0 Å². The number of carbonyl (C=O) groups is 2. The molecule has 1 aliphatic heterocycles. The van der Waals surface area contributed by atoms with Gasteiger partial charge in [0.1, 0.15) is 0 Å². The summed E-state index contributed by atoms with van der Waals surface area (Å²) in [5.74, 6) is -0.114. The van der Waals surface area contributed by atoms with Gasteiger partial charge < -0.3 is 15.1 Å². The number of benzene rings is 2. The lowest BCUT2D eigenvalue weighted by molar-refractivity contribution is -0.131. The second-order valence-corrected chi connectivity index (χ2v) is 9.26. The Bertz CT molecular complexity index is 962. The lowest BCUT2D eigenvalue weighted by Crippen LogP contribution is -2.48. The first-order valence-electron chi connectivity index (χ1n) is 10.1. The summed E-state index contributed by atoms with van der Waals surface area (Å²) in [6, 6.07) is 13.1. The Morgan fingerprint density at radius 1 is 1.10 bits per heavy atom. The van der Waals surface area contributed by atoms with E-state index in [0.29, 0.717) is 17.0 Å². The third kappa shape index (κ3) is 6.54. The Morgan fingerprint density at radius 3 is 2.42 bits per heavy atom. The number of rotatable bonds is 5. The molecule has 164 valence electrons. The Kier molecular flexibility index (Phi) is 8.50. The van der Waals surface area contributed by atoms with Crippen LogP contribution in [0.1, 0.15) is 30.1 Å². The Hall–Kier alpha value is -1.91. The normalized spacial score (nSPS) is 13.6. The Morgan fingerprint density at radius 2 is 1.77 bits per heavy atom. The van der Waals surface area contributed by atoms with E-state index >= 15 is 0 Å². The Balaban J connectivity index is 1.52. The number of nitrogens with zero attached hydrogens (tertiary/aromatic N) is 2. The second kappa shape index (κ2) is 11.1. The summed E-state index contributed by atoms with van der Waals surface area (Å²) in [6.45, 7) is 5.14. The van der Waals surface area contributed by atoms with Crippen molar-refractivity contribution in [3.05, 3.63) is 56.6 Å². The van der Waals surface area contributed by atoms with E-state index in [1.54, 1.807) is 12.1 Å². The monoisotopic (exact) mass is 570 g/mol. The molecule has 2 aromatic rings. The van der Waals surface area contributed by atoms with Gasteiger partial charge in [0.2, 0.25) is 5.91 Å². The zero-order valence-electron chi connectivity index (χ0n) is 17.2. The fourth-order valence-electron chi connectivity index (χ4n) is 3.35. The average Bonchev–Trinajstić information content (AvgIpc) is 2.76. The minimum Gasteiger partial charge on any atom is -0.368 e. The molecule has 2 aromatic carbocycles. The molecule has 1 fully saturated rings. The zero-order chi connectivity index (χ0) is 22.4. The molecule has 0 radical (unpaired) electrons. The van der Waals surface area contributed by atoms with E-state index in [-0.39, 0.29) is 16.9 Å². The molecule has 0 aliphatic carbocycles. The first-order valence-corrected chi connectivity index (χ1v) is 11.9. The third-order valence-electron chi connectivity index (χ3n) is 4.99. The van der Waals surface area contributed by atoms with Crippen LogP contribution < -0.4 is 15.5 Å². The van der Waals surface area contributed by atoms with Crippen LogP contribution in [0.4, 0.5) is 11.4 Å². The molecular weight excluding hydrogens is 547 g/mol. The van der Waals surface area contributed by atoms with Crippen molar-refractivity contribution in [2.45, 2.75) is 19.8 Å². The standard InChI is InChI=1S/C22H24ClIN4O2S/c1-2-3-20(29)28-12-10-27(11-13-28)17-7-5-16(6-8-17)25-22(31)26-21(30)18-14-15(24)4-9-19(18)23/h4-9,14H,2-3,10-13H2,1H3,(H2,25,26,30,31). The van der Waals surface area contributed by atoms with E-state index < -0.39 is 0 Å². The quantitative estimate of drug-likeness (QED) is 0.409. The van der Waals surface area contributed by atoms with Crippen molar-refractivity contribution in [1.82, 2.24) is 10.2 Å². The van der Waals surface area contributed by atoms with Crippen LogP contribution in [0.15, 0.2) is 42.5 Å². The maximum absolute atomic E-state index is 12.4. The molecule has 31 heavy (non-hydrogen) atoms. The molecule has 2 amide bonds. The molecule has 0 bridgehead atoms. The largest absolute Gasteiger partial charge is 0.368 e. The summed E-state index contributed by atoms with van der Waals surface area (Å²) < 4.78 is 0.914. The summed E-state index contributed by atoms with van der Waals surface area (Å²) in [7, 11) is 0. The van der Waals surface area contributed by atoms with Crippen LogP contribution in [0.25, 0.3) is 0 Å². The topological polar surface area (TPSA) is 64.7 Å². The van der Waals surface area contributed by atoms with Crippen LogP contribution in [0, 0.1) is 3.57 Å². The molecule has 9 heteroatoms. The van der Waals surface area contributed by atoms with Crippen LogP contribution in [0.3, 0.4) is 0 Å². The molecule has 0 aromatic heterocycles. The fourth-order valence-corrected chi connectivity index (χ4v) is 4.25. The molecule has 6 nitrogen and oxygen atoms in total. The molecule has 2 N–H and O–H groups in total. The predicted octanol–water partition coefficient (Wildman–Crippen LogP) is 4.52. The van der Waals surface area contributed by atoms with Crippen LogP contribution in [0.2, 0.25) is 5.02 Å². The number of hydrogen-bond acceptors (Lipinski definition) is 4. The van der Waals surface area contributed by atoms with Gasteiger partial charge in [0.15, 0.2) is 5.11 Å². The van der Waals surface area contributed by atoms with E-state index in [0.717, 1.165) is 47.5 Å². The number of hydrogen-bond donors (Lipinski definition) is 2. The van der Waals surface area contributed by atoms with Gasteiger partial charge in [-0.1, -0.05) is 18.5 Å². The van der Waals surface area contributed by atoms with Crippen LogP contribution >= 0.6 is 46.4 Å². The van der Waals surface area contributed by atoms with Crippen LogP contribution in [0.5, 0.6) is 0 Å². The van der Waals surface area contributed by atoms with E-state index in [2.05, 4.69) is 38.1 Å². The van der Waals surface area contributed by atoms with Gasteiger partial charge >= 0.3 is 0 Å². The molecule has 0 saturated carbocycles. The van der Waals surface area contributed by atoms with Gasteiger partial charge in [-0.3, -0.25) is 14.9 Å². The average molecular weight is 571 g/mol. The number of anilines is 2. The van der Waals surface area contributed by atoms with E-state index in [1.807, 2.05) is 42.2 Å². The molecule has 1 heterocycles. The number of halogens is 2. The van der Waals surface area contributed by atoms with Crippen LogP contribution in [-0.4, -0.2) is 48.0 Å². The maximum atomic E-state index is 12.4. The number of carbonyl (C=O) groups excluding carboxylic acids is 2. The summed E-state index contributed by atoms with van der Waals surface area (Å²) in [5, 5.41) is 6.27. The van der Waals surface area contributed by atoms with Gasteiger partial charge in [-0.25, -0.2) is 0 Å². The van der Waals surface area contributed by atoms with E-state index in [1.165, 1.54) is 0 Å². The smallest absolute Gasteiger partial charge is 0.258 e. The van der Waals surface area contributed by atoms with Gasteiger partial charge in [0, 0.05) is 47.5 Å². The number of nitrogens with one attached hydrogen (secondary N) is 2. The molecule has 1 saturated heterocycles. The highest BCUT2D eigenvalue weighted by atomic mass is 127. The van der Waals surface area contributed by atoms with Gasteiger partial charge in [0.05, 0.1) is 10.6 Å². The SMILES string of the molecule is CCCC(=O)N1CCN(c2ccc(NC(=S)NC(=O)c3cc(I)ccc3Cl)cc2)CC1. The van der Waals surface area contributed by atoms with E-state index in [4.69, 9.17) is 23.8 Å². The lowest BCUT2D eigenvalue weighted by atomic mass is 10.2. The van der Waals surface area contributed by atoms with E-state index in [9.17, 15) is 9.59 Å². The highest BCUT2D eigenvalue weighted by molar-refractivity contribution is 14.1. The summed E-state index contributed by atoms with van der Waals surface area (Å²) in [5.41, 5.74) is 2.25. The molecule has 0 unspecified atom stereocenters. The number of thiocarbonyl (C=S) groups is 1. The number of piperazine rings is 1. The van der Waals surface area contributed by atoms with Crippen molar-refractivity contribution in [2.24, 2.45) is 0 Å². The van der Waals surface area contributed by atoms with Gasteiger partial charge in [-0.2, -0.15) is 0 Å².